The van der Waals surface area contributed by atoms with E-state index in [1.54, 1.807) is 0 Å². The molecule has 0 unspecified atom stereocenters. The second kappa shape index (κ2) is 8.81. The van der Waals surface area contributed by atoms with Gasteiger partial charge in [0.2, 0.25) is 5.91 Å². The van der Waals surface area contributed by atoms with E-state index >= 15 is 0 Å². The lowest BCUT2D eigenvalue weighted by Gasteiger charge is -2.33. The largest absolute Gasteiger partial charge is 0.375 e. The molecule has 25 heavy (non-hydrogen) atoms. The summed E-state index contributed by atoms with van der Waals surface area (Å²) in [5.41, 5.74) is 1.24. The number of aryl methyl sites for hydroxylation is 1. The van der Waals surface area contributed by atoms with Crippen molar-refractivity contribution in [1.82, 2.24) is 20.0 Å². The molecule has 1 N–H and O–H groups in total. The van der Waals surface area contributed by atoms with Crippen LogP contribution in [0.2, 0.25) is 0 Å². The van der Waals surface area contributed by atoms with Crippen molar-refractivity contribution >= 4 is 5.91 Å². The lowest BCUT2D eigenvalue weighted by atomic mass is 9.82. The molecule has 1 amide bonds. The molecule has 140 valence electrons. The van der Waals surface area contributed by atoms with Crippen molar-refractivity contribution in [2.24, 2.45) is 18.9 Å². The summed E-state index contributed by atoms with van der Waals surface area (Å²) in [4.78, 5) is 14.7. The van der Waals surface area contributed by atoms with Gasteiger partial charge in [-0.25, -0.2) is 0 Å². The number of aromatic nitrogens is 2. The first-order valence-corrected chi connectivity index (χ1v) is 9.69. The lowest BCUT2D eigenvalue weighted by molar-refractivity contribution is -0.126. The summed E-state index contributed by atoms with van der Waals surface area (Å²) in [6.07, 6.45) is 9.55. The normalized spacial score (nSPS) is 28.0. The molecule has 6 heteroatoms. The second-order valence-corrected chi connectivity index (χ2v) is 7.79. The maximum absolute atomic E-state index is 12.3. The maximum atomic E-state index is 12.3. The van der Waals surface area contributed by atoms with Crippen molar-refractivity contribution in [2.45, 2.75) is 51.7 Å². The smallest absolute Gasteiger partial charge is 0.223 e. The second-order valence-electron chi connectivity index (χ2n) is 7.79. The highest BCUT2D eigenvalue weighted by atomic mass is 16.5. The van der Waals surface area contributed by atoms with Gasteiger partial charge >= 0.3 is 0 Å². The molecular formula is C19H32N4O2. The Morgan fingerprint density at radius 2 is 2.16 bits per heavy atom. The van der Waals surface area contributed by atoms with E-state index in [9.17, 15) is 4.79 Å². The molecular weight excluding hydrogens is 316 g/mol. The van der Waals surface area contributed by atoms with Crippen LogP contribution in [0.1, 0.15) is 44.6 Å². The van der Waals surface area contributed by atoms with E-state index in [0.717, 1.165) is 58.0 Å². The Balaban J connectivity index is 1.35. The number of amides is 1. The summed E-state index contributed by atoms with van der Waals surface area (Å²) < 4.78 is 7.72. The molecule has 0 radical (unpaired) electrons. The predicted octanol–water partition coefficient (Wildman–Crippen LogP) is 1.95. The summed E-state index contributed by atoms with van der Waals surface area (Å²) in [6, 6.07) is 0. The molecule has 0 bridgehead atoms. The van der Waals surface area contributed by atoms with Crippen LogP contribution in [-0.4, -0.2) is 52.9 Å². The number of rotatable bonds is 6. The Morgan fingerprint density at radius 1 is 1.36 bits per heavy atom. The number of carbonyl (C=O) groups excluding carboxylic acids is 1. The Bertz CT molecular complexity index is 551. The van der Waals surface area contributed by atoms with E-state index in [1.807, 2.05) is 17.9 Å². The molecule has 1 aromatic heterocycles. The van der Waals surface area contributed by atoms with Gasteiger partial charge in [-0.15, -0.1) is 0 Å². The molecule has 1 aliphatic heterocycles. The Kier molecular flexibility index (Phi) is 6.48. The maximum Gasteiger partial charge on any atom is 0.223 e. The minimum Gasteiger partial charge on any atom is -0.375 e. The van der Waals surface area contributed by atoms with Crippen molar-refractivity contribution in [3.05, 3.63) is 18.0 Å². The predicted molar refractivity (Wildman–Crippen MR) is 97.0 cm³/mol. The number of ether oxygens (including phenoxy) is 1. The number of hydrogen-bond acceptors (Lipinski definition) is 4. The fourth-order valence-electron chi connectivity index (χ4n) is 3.93. The monoisotopic (exact) mass is 348 g/mol. The van der Waals surface area contributed by atoms with Gasteiger partial charge in [0.25, 0.3) is 0 Å². The zero-order valence-electron chi connectivity index (χ0n) is 15.6. The summed E-state index contributed by atoms with van der Waals surface area (Å²) in [7, 11) is 1.95. The highest BCUT2D eigenvalue weighted by molar-refractivity contribution is 5.78. The standard InChI is InChI=1S/C19H32N4O2/c1-15-3-5-17(6-4-15)19(24)20-8-7-18-14-23(9-10-25-18)13-16-11-21-22(2)12-16/h11-12,15,17-18H,3-10,13-14H2,1-2H3,(H,20,24)/t15?,17?,18-/m1/s1. The summed E-state index contributed by atoms with van der Waals surface area (Å²) in [6.45, 7) is 6.56. The van der Waals surface area contributed by atoms with E-state index in [2.05, 4.69) is 28.4 Å². The third-order valence-electron chi connectivity index (χ3n) is 5.54. The molecule has 1 atom stereocenters. The van der Waals surface area contributed by atoms with Crippen LogP contribution in [0.4, 0.5) is 0 Å². The van der Waals surface area contributed by atoms with E-state index in [1.165, 1.54) is 18.4 Å². The third kappa shape index (κ3) is 5.54. The fourth-order valence-corrected chi connectivity index (χ4v) is 3.93. The van der Waals surface area contributed by atoms with Crippen LogP contribution in [0, 0.1) is 11.8 Å². The first kappa shape index (κ1) is 18.4. The number of carbonyl (C=O) groups is 1. The zero-order chi connectivity index (χ0) is 17.6. The number of nitrogens with one attached hydrogen (secondary N) is 1. The molecule has 3 rings (SSSR count). The van der Waals surface area contributed by atoms with Crippen LogP contribution in [0.5, 0.6) is 0 Å². The minimum absolute atomic E-state index is 0.206. The van der Waals surface area contributed by atoms with Gasteiger partial charge in [-0.05, 0) is 38.0 Å². The van der Waals surface area contributed by atoms with E-state index < -0.39 is 0 Å². The Morgan fingerprint density at radius 3 is 2.88 bits per heavy atom. The van der Waals surface area contributed by atoms with Crippen LogP contribution in [0.15, 0.2) is 12.4 Å². The van der Waals surface area contributed by atoms with Crippen LogP contribution < -0.4 is 5.32 Å². The third-order valence-corrected chi connectivity index (χ3v) is 5.54. The highest BCUT2D eigenvalue weighted by Crippen LogP contribution is 2.28. The van der Waals surface area contributed by atoms with Gasteiger partial charge in [0.15, 0.2) is 0 Å². The molecule has 0 spiro atoms. The number of morpholine rings is 1. The SMILES string of the molecule is CC1CCC(C(=O)NCC[C@@H]2CN(Cc3cnn(C)c3)CCO2)CC1. The topological polar surface area (TPSA) is 59.4 Å². The number of nitrogens with zero attached hydrogens (tertiary/aromatic N) is 3. The van der Waals surface area contributed by atoms with Crippen LogP contribution in [-0.2, 0) is 23.1 Å². The molecule has 1 saturated heterocycles. The lowest BCUT2D eigenvalue weighted by Crippen LogP contribution is -2.43. The molecule has 0 aromatic carbocycles. The van der Waals surface area contributed by atoms with E-state index in [4.69, 9.17) is 4.74 Å². The van der Waals surface area contributed by atoms with Crippen molar-refractivity contribution in [3.63, 3.8) is 0 Å². The van der Waals surface area contributed by atoms with Gasteiger partial charge in [0.1, 0.15) is 0 Å². The Labute approximate surface area is 150 Å². The van der Waals surface area contributed by atoms with Gasteiger partial charge in [-0.3, -0.25) is 14.4 Å². The molecule has 6 nitrogen and oxygen atoms in total. The van der Waals surface area contributed by atoms with Crippen molar-refractivity contribution in [2.75, 3.05) is 26.2 Å². The number of hydrogen-bond donors (Lipinski definition) is 1. The first-order valence-electron chi connectivity index (χ1n) is 9.69. The van der Waals surface area contributed by atoms with Gasteiger partial charge < -0.3 is 10.1 Å². The minimum atomic E-state index is 0.206. The molecule has 2 fully saturated rings. The van der Waals surface area contributed by atoms with Gasteiger partial charge in [0, 0.05) is 50.9 Å². The molecule has 2 heterocycles. The average Bonchev–Trinajstić information content (AvgIpc) is 3.00. The fraction of sp³-hybridized carbons (Fsp3) is 0.789. The van der Waals surface area contributed by atoms with Crippen LogP contribution in [0.3, 0.4) is 0 Å². The zero-order valence-corrected chi connectivity index (χ0v) is 15.6. The summed E-state index contributed by atoms with van der Waals surface area (Å²) in [5.74, 6) is 1.26. The molecule has 2 aliphatic rings. The van der Waals surface area contributed by atoms with Crippen molar-refractivity contribution in [3.8, 4) is 0 Å². The molecule has 1 saturated carbocycles. The van der Waals surface area contributed by atoms with Crippen LogP contribution in [0.25, 0.3) is 0 Å². The average molecular weight is 348 g/mol. The van der Waals surface area contributed by atoms with E-state index in [0.29, 0.717) is 0 Å². The highest BCUT2D eigenvalue weighted by Gasteiger charge is 2.25. The van der Waals surface area contributed by atoms with Gasteiger partial charge in [0.05, 0.1) is 18.9 Å². The quantitative estimate of drug-likeness (QED) is 0.854. The first-order chi connectivity index (χ1) is 12.1. The van der Waals surface area contributed by atoms with Crippen LogP contribution >= 0.6 is 0 Å². The summed E-state index contributed by atoms with van der Waals surface area (Å²) in [5, 5.41) is 7.36. The molecule has 1 aliphatic carbocycles. The summed E-state index contributed by atoms with van der Waals surface area (Å²) >= 11 is 0. The molecule has 1 aromatic rings. The van der Waals surface area contributed by atoms with Gasteiger partial charge in [-0.2, -0.15) is 5.10 Å². The van der Waals surface area contributed by atoms with E-state index in [-0.39, 0.29) is 17.9 Å². The Hall–Kier alpha value is -1.40. The van der Waals surface area contributed by atoms with Crippen molar-refractivity contribution in [1.29, 1.82) is 0 Å². The van der Waals surface area contributed by atoms with Crippen molar-refractivity contribution < 1.29 is 9.53 Å². The van der Waals surface area contributed by atoms with Gasteiger partial charge in [-0.1, -0.05) is 6.92 Å².